The zero-order valence-corrected chi connectivity index (χ0v) is 11.6. The Morgan fingerprint density at radius 3 is 2.50 bits per heavy atom. The first-order valence-corrected chi connectivity index (χ1v) is 4.29. The molecule has 1 N–H and O–H groups in total. The van der Waals surface area contributed by atoms with Crippen molar-refractivity contribution in [2.75, 3.05) is 0 Å². The van der Waals surface area contributed by atoms with Crippen LogP contribution in [0.2, 0.25) is 0 Å². The van der Waals surface area contributed by atoms with Crippen LogP contribution in [0, 0.1) is 0 Å². The van der Waals surface area contributed by atoms with Crippen LogP contribution in [0.1, 0.15) is 36.4 Å². The smallest absolute Gasteiger partial charge is 1.00 e. The number of nitrogens with zero attached hydrogens (tertiary/aromatic N) is 2. The summed E-state index contributed by atoms with van der Waals surface area (Å²) in [6, 6.07) is -0.297. The molecule has 8 heteroatoms. The number of hydrogen-bond donors (Lipinski definition) is 1. The first kappa shape index (κ1) is 14.2. The Morgan fingerprint density at radius 2 is 2.12 bits per heavy atom. The van der Waals surface area contributed by atoms with Gasteiger partial charge in [-0.05, 0) is 12.8 Å². The summed E-state index contributed by atoms with van der Waals surface area (Å²) in [6.07, 6.45) is -2.69. The summed E-state index contributed by atoms with van der Waals surface area (Å²) >= 11 is 0. The van der Waals surface area contributed by atoms with E-state index in [-0.39, 0.29) is 58.9 Å². The van der Waals surface area contributed by atoms with Crippen LogP contribution in [0.25, 0.3) is 0 Å². The van der Waals surface area contributed by atoms with Crippen LogP contribution in [0.5, 0.6) is 0 Å². The molecule has 1 fully saturated rings. The van der Waals surface area contributed by atoms with Crippen molar-refractivity contribution in [3.8, 4) is 0 Å². The first-order chi connectivity index (χ1) is 6.91. The van der Waals surface area contributed by atoms with Gasteiger partial charge in [0.05, 0.1) is 12.2 Å². The van der Waals surface area contributed by atoms with Crippen LogP contribution in [0.15, 0.2) is 6.20 Å². The Balaban J connectivity index is 0.00000128. The maximum absolute atomic E-state index is 12.6. The van der Waals surface area contributed by atoms with Crippen molar-refractivity contribution < 1.29 is 75.9 Å². The molecular formula is C8H8F3KN2O2. The topological polar surface area (TPSA) is 55.1 Å². The van der Waals surface area contributed by atoms with Crippen LogP contribution in [-0.2, 0) is 6.18 Å². The van der Waals surface area contributed by atoms with Crippen molar-refractivity contribution in [1.82, 2.24) is 9.78 Å². The second kappa shape index (κ2) is 4.77. The Kier molecular flexibility index (Phi) is 4.22. The molecule has 0 saturated heterocycles. The molecule has 1 aromatic rings. The van der Waals surface area contributed by atoms with Gasteiger partial charge in [0, 0.05) is 0 Å². The maximum Gasteiger partial charge on any atom is 1.00 e. The third kappa shape index (κ3) is 2.67. The number of aromatic nitrogens is 2. The van der Waals surface area contributed by atoms with Crippen molar-refractivity contribution >= 4 is 5.97 Å². The number of carboxylic acids is 1. The molecule has 1 saturated carbocycles. The third-order valence-corrected chi connectivity index (χ3v) is 2.19. The van der Waals surface area contributed by atoms with Gasteiger partial charge >= 0.3 is 63.5 Å². The number of carbonyl (C=O) groups is 1. The molecule has 0 bridgehead atoms. The van der Waals surface area contributed by atoms with Crippen molar-refractivity contribution in [1.29, 1.82) is 0 Å². The van der Waals surface area contributed by atoms with Crippen LogP contribution in [0.4, 0.5) is 13.2 Å². The van der Waals surface area contributed by atoms with Crippen LogP contribution in [-0.4, -0.2) is 20.9 Å². The second-order valence-electron chi connectivity index (χ2n) is 3.39. The van der Waals surface area contributed by atoms with Gasteiger partial charge in [-0.15, -0.1) is 0 Å². The van der Waals surface area contributed by atoms with E-state index in [1.165, 1.54) is 0 Å². The Hall–Kier alpha value is 0.106. The number of halogens is 3. The van der Waals surface area contributed by atoms with Crippen LogP contribution < -0.4 is 51.4 Å². The van der Waals surface area contributed by atoms with Gasteiger partial charge in [0.25, 0.3) is 0 Å². The average molecular weight is 260 g/mol. The maximum atomic E-state index is 12.6. The standard InChI is InChI=1S/C8H7F3N2O2.K.H/c9-8(10,11)6-5(7(14)15)3-12-13(6)4-1-2-4;;/h3-4H,1-2H2,(H,14,15);;/q;+1;-1. The summed E-state index contributed by atoms with van der Waals surface area (Å²) in [4.78, 5) is 10.6. The summed E-state index contributed by atoms with van der Waals surface area (Å²) in [5, 5.41) is 12.1. The van der Waals surface area contributed by atoms with E-state index < -0.39 is 23.4 Å². The molecule has 1 aliphatic rings. The van der Waals surface area contributed by atoms with Gasteiger partial charge in [0.15, 0.2) is 5.69 Å². The summed E-state index contributed by atoms with van der Waals surface area (Å²) in [6.45, 7) is 0. The zero-order valence-electron chi connectivity index (χ0n) is 9.45. The molecule has 1 heterocycles. The minimum atomic E-state index is -4.67. The van der Waals surface area contributed by atoms with Gasteiger partial charge in [0.2, 0.25) is 0 Å². The molecule has 84 valence electrons. The molecule has 1 aromatic heterocycles. The quantitative estimate of drug-likeness (QED) is 0.698. The minimum absolute atomic E-state index is 0. The average Bonchev–Trinajstić information content (AvgIpc) is 2.81. The van der Waals surface area contributed by atoms with Crippen molar-refractivity contribution in [2.45, 2.75) is 25.1 Å². The van der Waals surface area contributed by atoms with E-state index in [1.807, 2.05) is 0 Å². The van der Waals surface area contributed by atoms with E-state index in [0.29, 0.717) is 12.8 Å². The van der Waals surface area contributed by atoms with Crippen LogP contribution in [0.3, 0.4) is 0 Å². The molecule has 1 aliphatic carbocycles. The monoisotopic (exact) mass is 260 g/mol. The van der Waals surface area contributed by atoms with Gasteiger partial charge in [-0.1, -0.05) is 0 Å². The molecule has 0 amide bonds. The van der Waals surface area contributed by atoms with Crippen molar-refractivity contribution in [2.24, 2.45) is 0 Å². The molecular weight excluding hydrogens is 252 g/mol. The van der Waals surface area contributed by atoms with Gasteiger partial charge < -0.3 is 6.53 Å². The fraction of sp³-hybridized carbons (Fsp3) is 0.500. The number of alkyl halides is 3. The number of aromatic carboxylic acids is 1. The number of hydrogen-bond acceptors (Lipinski definition) is 2. The molecule has 0 spiro atoms. The van der Waals surface area contributed by atoms with Gasteiger partial charge in [-0.25, -0.2) is 4.79 Å². The molecule has 0 unspecified atom stereocenters. The zero-order chi connectivity index (χ0) is 11.2. The second-order valence-corrected chi connectivity index (χ2v) is 3.39. The van der Waals surface area contributed by atoms with Crippen LogP contribution >= 0.6 is 0 Å². The summed E-state index contributed by atoms with van der Waals surface area (Å²) < 4.78 is 38.5. The predicted octanol–water partition coefficient (Wildman–Crippen LogP) is -0.948. The molecule has 0 atom stereocenters. The van der Waals surface area contributed by atoms with Crippen molar-refractivity contribution in [3.63, 3.8) is 0 Å². The fourth-order valence-electron chi connectivity index (χ4n) is 1.40. The van der Waals surface area contributed by atoms with E-state index >= 15 is 0 Å². The van der Waals surface area contributed by atoms with E-state index in [4.69, 9.17) is 5.11 Å². The normalized spacial score (nSPS) is 15.7. The minimum Gasteiger partial charge on any atom is -1.00 e. The van der Waals surface area contributed by atoms with E-state index in [0.717, 1.165) is 10.9 Å². The molecule has 0 aliphatic heterocycles. The largest absolute Gasteiger partial charge is 1.00 e. The van der Waals surface area contributed by atoms with Gasteiger partial charge in [-0.3, -0.25) is 4.68 Å². The first-order valence-electron chi connectivity index (χ1n) is 4.29. The number of carboxylic acid groups (broad SMARTS) is 1. The van der Waals surface area contributed by atoms with E-state index in [1.54, 1.807) is 0 Å². The van der Waals surface area contributed by atoms with E-state index in [9.17, 15) is 18.0 Å². The SMILES string of the molecule is O=C(O)c1cnn(C2CC2)c1C(F)(F)F.[H-].[K+]. The summed E-state index contributed by atoms with van der Waals surface area (Å²) in [5.41, 5.74) is -1.94. The predicted molar refractivity (Wildman–Crippen MR) is 43.6 cm³/mol. The molecule has 16 heavy (non-hydrogen) atoms. The van der Waals surface area contributed by atoms with Gasteiger partial charge in [0.1, 0.15) is 5.56 Å². The summed E-state index contributed by atoms with van der Waals surface area (Å²) in [7, 11) is 0. The number of rotatable bonds is 2. The molecule has 0 aromatic carbocycles. The third-order valence-electron chi connectivity index (χ3n) is 2.19. The van der Waals surface area contributed by atoms with Gasteiger partial charge in [-0.2, -0.15) is 18.3 Å². The Morgan fingerprint density at radius 1 is 1.56 bits per heavy atom. The molecule has 0 radical (unpaired) electrons. The molecule has 4 nitrogen and oxygen atoms in total. The Labute approximate surface area is 133 Å². The van der Waals surface area contributed by atoms with Crippen molar-refractivity contribution in [3.05, 3.63) is 17.5 Å². The van der Waals surface area contributed by atoms with E-state index in [2.05, 4.69) is 5.10 Å². The Bertz CT molecular complexity index is 417. The summed E-state index contributed by atoms with van der Waals surface area (Å²) in [5.74, 6) is -1.60. The molecule has 2 rings (SSSR count). The fourth-order valence-corrected chi connectivity index (χ4v) is 1.40.